The summed E-state index contributed by atoms with van der Waals surface area (Å²) in [6.07, 6.45) is 0.814. The second-order valence-corrected chi connectivity index (χ2v) is 5.86. The standard InChI is InChI=1S/C17H24N2O3/c1-13(2)16(20)18-8-5-9-19(11-10-18)17(21)14-6-4-7-15(12-14)22-3/h4,6-7,12-13H,5,8-11H2,1-3H3. The van der Waals surface area contributed by atoms with Gasteiger partial charge in [0, 0.05) is 37.7 Å². The quantitative estimate of drug-likeness (QED) is 0.858. The molecule has 0 bridgehead atoms. The van der Waals surface area contributed by atoms with E-state index in [9.17, 15) is 9.59 Å². The van der Waals surface area contributed by atoms with Crippen molar-refractivity contribution in [3.63, 3.8) is 0 Å². The van der Waals surface area contributed by atoms with Crippen LogP contribution in [-0.4, -0.2) is 54.9 Å². The Bertz CT molecular complexity index is 542. The Morgan fingerprint density at radius 2 is 1.77 bits per heavy atom. The number of ether oxygens (including phenoxy) is 1. The zero-order valence-electron chi connectivity index (χ0n) is 13.5. The highest BCUT2D eigenvalue weighted by atomic mass is 16.5. The molecule has 22 heavy (non-hydrogen) atoms. The lowest BCUT2D eigenvalue weighted by Crippen LogP contribution is -2.38. The number of benzene rings is 1. The van der Waals surface area contributed by atoms with Crippen molar-refractivity contribution in [3.8, 4) is 5.75 Å². The van der Waals surface area contributed by atoms with Gasteiger partial charge in [-0.2, -0.15) is 0 Å². The zero-order chi connectivity index (χ0) is 16.1. The Labute approximate surface area is 131 Å². The van der Waals surface area contributed by atoms with Crippen LogP contribution >= 0.6 is 0 Å². The fraction of sp³-hybridized carbons (Fsp3) is 0.529. The number of carbonyl (C=O) groups excluding carboxylic acids is 2. The van der Waals surface area contributed by atoms with Gasteiger partial charge in [0.25, 0.3) is 5.91 Å². The Balaban J connectivity index is 2.04. The molecule has 1 fully saturated rings. The third-order valence-electron chi connectivity index (χ3n) is 3.91. The van der Waals surface area contributed by atoms with Gasteiger partial charge in [0.2, 0.25) is 5.91 Å². The molecule has 1 aromatic rings. The first kappa shape index (κ1) is 16.3. The molecule has 0 saturated carbocycles. The van der Waals surface area contributed by atoms with E-state index in [-0.39, 0.29) is 17.7 Å². The van der Waals surface area contributed by atoms with Crippen molar-refractivity contribution < 1.29 is 14.3 Å². The van der Waals surface area contributed by atoms with Gasteiger partial charge in [-0.05, 0) is 24.6 Å². The highest BCUT2D eigenvalue weighted by Gasteiger charge is 2.24. The molecule has 0 radical (unpaired) electrons. The summed E-state index contributed by atoms with van der Waals surface area (Å²) in [6.45, 7) is 6.40. The normalized spacial score (nSPS) is 15.6. The number of nitrogens with zero attached hydrogens (tertiary/aromatic N) is 2. The average Bonchev–Trinajstić information content (AvgIpc) is 2.79. The largest absolute Gasteiger partial charge is 0.497 e. The Kier molecular flexibility index (Phi) is 5.41. The SMILES string of the molecule is COc1cccc(C(=O)N2CCCN(C(=O)C(C)C)CC2)c1. The van der Waals surface area contributed by atoms with Gasteiger partial charge in [-0.3, -0.25) is 9.59 Å². The molecule has 5 heteroatoms. The van der Waals surface area contributed by atoms with Gasteiger partial charge in [-0.1, -0.05) is 19.9 Å². The summed E-state index contributed by atoms with van der Waals surface area (Å²) < 4.78 is 5.17. The maximum Gasteiger partial charge on any atom is 0.254 e. The fourth-order valence-corrected chi connectivity index (χ4v) is 2.64. The van der Waals surface area contributed by atoms with E-state index in [1.807, 2.05) is 35.8 Å². The van der Waals surface area contributed by atoms with Crippen molar-refractivity contribution in [2.75, 3.05) is 33.3 Å². The third kappa shape index (κ3) is 3.78. The summed E-state index contributed by atoms with van der Waals surface area (Å²) in [7, 11) is 1.59. The van der Waals surface area contributed by atoms with E-state index in [0.717, 1.165) is 13.0 Å². The van der Waals surface area contributed by atoms with E-state index >= 15 is 0 Å². The van der Waals surface area contributed by atoms with E-state index in [4.69, 9.17) is 4.74 Å². The molecule has 1 aromatic carbocycles. The summed E-state index contributed by atoms with van der Waals surface area (Å²) in [5, 5.41) is 0. The molecule has 5 nitrogen and oxygen atoms in total. The summed E-state index contributed by atoms with van der Waals surface area (Å²) in [6, 6.07) is 7.19. The molecule has 120 valence electrons. The molecular weight excluding hydrogens is 280 g/mol. The summed E-state index contributed by atoms with van der Waals surface area (Å²) in [5.41, 5.74) is 0.628. The number of amides is 2. The number of rotatable bonds is 3. The van der Waals surface area contributed by atoms with Crippen molar-refractivity contribution in [1.82, 2.24) is 9.80 Å². The van der Waals surface area contributed by atoms with Crippen LogP contribution in [0.2, 0.25) is 0 Å². The maximum atomic E-state index is 12.6. The van der Waals surface area contributed by atoms with Gasteiger partial charge >= 0.3 is 0 Å². The first-order valence-corrected chi connectivity index (χ1v) is 7.75. The van der Waals surface area contributed by atoms with Gasteiger partial charge in [-0.25, -0.2) is 0 Å². The lowest BCUT2D eigenvalue weighted by molar-refractivity contribution is -0.134. The van der Waals surface area contributed by atoms with Crippen molar-refractivity contribution in [2.24, 2.45) is 5.92 Å². The van der Waals surface area contributed by atoms with Crippen LogP contribution in [0.4, 0.5) is 0 Å². The molecule has 1 aliphatic rings. The second-order valence-electron chi connectivity index (χ2n) is 5.86. The minimum atomic E-state index is -0.00209. The zero-order valence-corrected chi connectivity index (χ0v) is 13.5. The molecular formula is C17H24N2O3. The topological polar surface area (TPSA) is 49.9 Å². The molecule has 0 spiro atoms. The Morgan fingerprint density at radius 1 is 1.09 bits per heavy atom. The van der Waals surface area contributed by atoms with Crippen LogP contribution < -0.4 is 4.74 Å². The van der Waals surface area contributed by atoms with Crippen LogP contribution in [-0.2, 0) is 4.79 Å². The number of hydrogen-bond acceptors (Lipinski definition) is 3. The average molecular weight is 304 g/mol. The molecule has 1 heterocycles. The predicted molar refractivity (Wildman–Crippen MR) is 84.9 cm³/mol. The lowest BCUT2D eigenvalue weighted by Gasteiger charge is -2.23. The number of methoxy groups -OCH3 is 1. The van der Waals surface area contributed by atoms with E-state index < -0.39 is 0 Å². The van der Waals surface area contributed by atoms with Crippen LogP contribution in [0.1, 0.15) is 30.6 Å². The number of hydrogen-bond donors (Lipinski definition) is 0. The Morgan fingerprint density at radius 3 is 2.45 bits per heavy atom. The van der Waals surface area contributed by atoms with Gasteiger partial charge in [0.05, 0.1) is 7.11 Å². The molecule has 0 unspecified atom stereocenters. The first-order chi connectivity index (χ1) is 10.5. The fourth-order valence-electron chi connectivity index (χ4n) is 2.64. The lowest BCUT2D eigenvalue weighted by atomic mass is 10.2. The highest BCUT2D eigenvalue weighted by Crippen LogP contribution is 2.16. The Hall–Kier alpha value is -2.04. The van der Waals surface area contributed by atoms with E-state index in [2.05, 4.69) is 0 Å². The molecule has 0 aliphatic carbocycles. The van der Waals surface area contributed by atoms with E-state index in [0.29, 0.717) is 30.9 Å². The van der Waals surface area contributed by atoms with Gasteiger partial charge in [0.1, 0.15) is 5.75 Å². The highest BCUT2D eigenvalue weighted by molar-refractivity contribution is 5.94. The maximum absolute atomic E-state index is 12.6. The summed E-state index contributed by atoms with van der Waals surface area (Å²) in [4.78, 5) is 28.4. The van der Waals surface area contributed by atoms with Gasteiger partial charge < -0.3 is 14.5 Å². The van der Waals surface area contributed by atoms with Crippen LogP contribution in [0.25, 0.3) is 0 Å². The number of carbonyl (C=O) groups is 2. The van der Waals surface area contributed by atoms with Gasteiger partial charge in [-0.15, -0.1) is 0 Å². The summed E-state index contributed by atoms with van der Waals surface area (Å²) in [5.74, 6) is 0.839. The molecule has 1 aliphatic heterocycles. The molecule has 2 rings (SSSR count). The van der Waals surface area contributed by atoms with Crippen LogP contribution in [0.5, 0.6) is 5.75 Å². The molecule has 0 N–H and O–H groups in total. The second kappa shape index (κ2) is 7.29. The molecule has 0 aromatic heterocycles. The minimum absolute atomic E-state index is 0.000589. The molecule has 0 atom stereocenters. The van der Waals surface area contributed by atoms with Crippen molar-refractivity contribution in [1.29, 1.82) is 0 Å². The molecule has 1 saturated heterocycles. The van der Waals surface area contributed by atoms with E-state index in [1.165, 1.54) is 0 Å². The summed E-state index contributed by atoms with van der Waals surface area (Å²) >= 11 is 0. The first-order valence-electron chi connectivity index (χ1n) is 7.75. The minimum Gasteiger partial charge on any atom is -0.497 e. The predicted octanol–water partition coefficient (Wildman–Crippen LogP) is 2.03. The van der Waals surface area contributed by atoms with Crippen LogP contribution in [0, 0.1) is 5.92 Å². The molecule has 2 amide bonds. The van der Waals surface area contributed by atoms with Crippen molar-refractivity contribution in [2.45, 2.75) is 20.3 Å². The smallest absolute Gasteiger partial charge is 0.254 e. The van der Waals surface area contributed by atoms with Crippen LogP contribution in [0.15, 0.2) is 24.3 Å². The monoisotopic (exact) mass is 304 g/mol. The van der Waals surface area contributed by atoms with E-state index in [1.54, 1.807) is 19.2 Å². The van der Waals surface area contributed by atoms with Crippen molar-refractivity contribution in [3.05, 3.63) is 29.8 Å². The third-order valence-corrected chi connectivity index (χ3v) is 3.91. The van der Waals surface area contributed by atoms with Crippen molar-refractivity contribution >= 4 is 11.8 Å². The van der Waals surface area contributed by atoms with Gasteiger partial charge in [0.15, 0.2) is 0 Å². The van der Waals surface area contributed by atoms with Crippen LogP contribution in [0.3, 0.4) is 0 Å².